The molecule has 0 saturated heterocycles. The third-order valence-electron chi connectivity index (χ3n) is 5.71. The smallest absolute Gasteiger partial charge is 0.220 e. The van der Waals surface area contributed by atoms with Gasteiger partial charge in [0, 0.05) is 26.2 Å². The highest BCUT2D eigenvalue weighted by Crippen LogP contribution is 2.43. The first-order chi connectivity index (χ1) is 18.7. The van der Waals surface area contributed by atoms with Crippen molar-refractivity contribution in [2.45, 2.75) is 37.8 Å². The van der Waals surface area contributed by atoms with E-state index < -0.39 is 5.25 Å². The maximum Gasteiger partial charge on any atom is 0.220 e. The zero-order chi connectivity index (χ0) is 28.1. The summed E-state index contributed by atoms with van der Waals surface area (Å²) in [5.41, 5.74) is 3.41. The molecule has 1 heterocycles. The van der Waals surface area contributed by atoms with Gasteiger partial charge in [-0.3, -0.25) is 14.7 Å². The third kappa shape index (κ3) is 7.25. The first-order valence-electron chi connectivity index (χ1n) is 12.0. The van der Waals surface area contributed by atoms with E-state index in [-0.39, 0.29) is 18.1 Å². The van der Waals surface area contributed by atoms with E-state index in [9.17, 15) is 10.1 Å². The van der Waals surface area contributed by atoms with Crippen molar-refractivity contribution in [2.24, 2.45) is 0 Å². The van der Waals surface area contributed by atoms with Crippen molar-refractivity contribution < 1.29 is 14.4 Å². The lowest BCUT2D eigenvalue weighted by molar-refractivity contribution is -0.479. The molecule has 0 amide bonds. The van der Waals surface area contributed by atoms with E-state index in [0.717, 1.165) is 16.8 Å². The normalized spacial score (nSPS) is 11.8. The molecule has 1 atom stereocenters. The zero-order valence-corrected chi connectivity index (χ0v) is 25.3. The van der Waals surface area contributed by atoms with Crippen molar-refractivity contribution in [3.05, 3.63) is 102 Å². The number of nitro groups is 1. The number of halogens is 3. The van der Waals surface area contributed by atoms with Gasteiger partial charge < -0.3 is 9.47 Å². The molecular weight excluding hydrogens is 627 g/mol. The quantitative estimate of drug-likeness (QED) is 0.0920. The van der Waals surface area contributed by atoms with Crippen LogP contribution in [-0.2, 0) is 6.61 Å². The van der Waals surface area contributed by atoms with Crippen LogP contribution in [0.15, 0.2) is 64.2 Å². The number of ether oxygens (including phenoxy) is 2. The number of aryl methyl sites for hydroxylation is 2. The summed E-state index contributed by atoms with van der Waals surface area (Å²) >= 11 is 17.2. The van der Waals surface area contributed by atoms with Crippen LogP contribution in [0.4, 0.5) is 0 Å². The van der Waals surface area contributed by atoms with Crippen LogP contribution in [0.2, 0.25) is 10.0 Å². The molecule has 0 N–H and O–H groups in total. The summed E-state index contributed by atoms with van der Waals surface area (Å²) < 4.78 is 14.5. The van der Waals surface area contributed by atoms with Crippen molar-refractivity contribution in [1.82, 2.24) is 14.8 Å². The highest BCUT2D eigenvalue weighted by atomic mass is 79.9. The molecule has 0 radical (unpaired) electrons. The van der Waals surface area contributed by atoms with Crippen LogP contribution < -0.4 is 9.47 Å². The largest absolute Gasteiger partial charge is 0.490 e. The second-order valence-corrected chi connectivity index (χ2v) is 11.5. The Morgan fingerprint density at radius 1 is 1.10 bits per heavy atom. The topological polar surface area (TPSA) is 92.3 Å². The van der Waals surface area contributed by atoms with E-state index in [1.165, 1.54) is 11.8 Å². The predicted molar refractivity (Wildman–Crippen MR) is 157 cm³/mol. The lowest BCUT2D eigenvalue weighted by Gasteiger charge is -2.19. The van der Waals surface area contributed by atoms with Crippen LogP contribution in [-0.4, -0.2) is 32.8 Å². The average molecular weight is 652 g/mol. The first kappa shape index (κ1) is 29.2. The van der Waals surface area contributed by atoms with Gasteiger partial charge in [-0.2, -0.15) is 0 Å². The van der Waals surface area contributed by atoms with Crippen molar-refractivity contribution in [1.29, 1.82) is 0 Å². The Bertz CT molecular complexity index is 1500. The lowest BCUT2D eigenvalue weighted by atomic mass is 10.1. The van der Waals surface area contributed by atoms with Gasteiger partial charge in [0.25, 0.3) is 0 Å². The molecule has 8 nitrogen and oxygen atoms in total. The molecule has 0 aliphatic heterocycles. The number of aromatic nitrogens is 3. The van der Waals surface area contributed by atoms with Crippen LogP contribution in [0.1, 0.15) is 34.7 Å². The molecule has 0 aliphatic carbocycles. The van der Waals surface area contributed by atoms with Gasteiger partial charge in [0.15, 0.2) is 16.7 Å². The molecule has 0 bridgehead atoms. The molecule has 0 unspecified atom stereocenters. The van der Waals surface area contributed by atoms with Crippen LogP contribution in [0.3, 0.4) is 0 Å². The molecule has 4 aromatic rings. The summed E-state index contributed by atoms with van der Waals surface area (Å²) in [6.07, 6.45) is 0. The summed E-state index contributed by atoms with van der Waals surface area (Å²) in [5.74, 6) is 1.61. The Morgan fingerprint density at radius 3 is 2.59 bits per heavy atom. The van der Waals surface area contributed by atoms with Gasteiger partial charge >= 0.3 is 0 Å². The summed E-state index contributed by atoms with van der Waals surface area (Å²) in [5, 5.41) is 21.3. The molecule has 4 rings (SSSR count). The van der Waals surface area contributed by atoms with E-state index in [4.69, 9.17) is 32.7 Å². The van der Waals surface area contributed by atoms with Crippen molar-refractivity contribution in [2.75, 3.05) is 13.2 Å². The number of hydrogen-bond donors (Lipinski definition) is 0. The Hall–Kier alpha value is -2.79. The molecule has 0 aliphatic rings. The molecule has 1 aromatic heterocycles. The van der Waals surface area contributed by atoms with Crippen molar-refractivity contribution >= 4 is 50.9 Å². The maximum atomic E-state index is 11.7. The molecule has 3 aromatic carbocycles. The molecule has 39 heavy (non-hydrogen) atoms. The number of nitrogens with zero attached hydrogens (tertiary/aromatic N) is 4. The lowest BCUT2D eigenvalue weighted by Crippen LogP contribution is -2.12. The highest BCUT2D eigenvalue weighted by Gasteiger charge is 2.26. The third-order valence-corrected chi connectivity index (χ3v) is 8.06. The highest BCUT2D eigenvalue weighted by molar-refractivity contribution is 9.10. The van der Waals surface area contributed by atoms with Gasteiger partial charge in [-0.15, -0.1) is 10.2 Å². The fourth-order valence-electron chi connectivity index (χ4n) is 3.92. The molecule has 12 heteroatoms. The van der Waals surface area contributed by atoms with Crippen LogP contribution in [0.5, 0.6) is 11.5 Å². The second-order valence-electron chi connectivity index (χ2n) is 8.61. The van der Waals surface area contributed by atoms with E-state index in [1.807, 2.05) is 55.7 Å². The van der Waals surface area contributed by atoms with Gasteiger partial charge in [-0.05, 0) is 84.2 Å². The number of rotatable bonds is 11. The Balaban J connectivity index is 1.68. The zero-order valence-electron chi connectivity index (χ0n) is 21.4. The minimum atomic E-state index is -0.581. The maximum absolute atomic E-state index is 11.7. The van der Waals surface area contributed by atoms with E-state index in [2.05, 4.69) is 26.1 Å². The van der Waals surface area contributed by atoms with Crippen molar-refractivity contribution in [3.8, 4) is 17.2 Å². The molecule has 0 spiro atoms. The van der Waals surface area contributed by atoms with Gasteiger partial charge in [-0.1, -0.05) is 53.2 Å². The van der Waals surface area contributed by atoms with Crippen LogP contribution in [0.25, 0.3) is 5.69 Å². The second kappa shape index (κ2) is 13.0. The Morgan fingerprint density at radius 2 is 1.90 bits per heavy atom. The standard InChI is InChI=1S/C27H25BrCl2N4O4S/c1-4-37-24-12-19(11-22(28)26(24)38-15-18-8-9-20(29)13-23(18)30)25(14-33(35)36)39-27-32-31-17(3)34(27)21-7-5-6-16(2)10-21/h5-13,25H,4,14-15H2,1-3H3/t25-/m1/s1. The van der Waals surface area contributed by atoms with Gasteiger partial charge in [0.1, 0.15) is 17.7 Å². The summed E-state index contributed by atoms with van der Waals surface area (Å²) in [6, 6.07) is 16.7. The van der Waals surface area contributed by atoms with E-state index in [1.54, 1.807) is 24.3 Å². The van der Waals surface area contributed by atoms with E-state index in [0.29, 0.717) is 49.2 Å². The fourth-order valence-corrected chi connectivity index (χ4v) is 6.11. The summed E-state index contributed by atoms with van der Waals surface area (Å²) in [6.45, 7) is 5.94. The average Bonchev–Trinajstić information content (AvgIpc) is 3.23. The predicted octanol–water partition coefficient (Wildman–Crippen LogP) is 8.04. The summed E-state index contributed by atoms with van der Waals surface area (Å²) in [7, 11) is 0. The monoisotopic (exact) mass is 650 g/mol. The Labute approximate surface area is 248 Å². The van der Waals surface area contributed by atoms with Gasteiger partial charge in [-0.25, -0.2) is 0 Å². The fraction of sp³-hybridized carbons (Fsp3) is 0.259. The van der Waals surface area contributed by atoms with Crippen molar-refractivity contribution in [3.63, 3.8) is 0 Å². The molecule has 0 fully saturated rings. The number of hydrogen-bond acceptors (Lipinski definition) is 7. The van der Waals surface area contributed by atoms with Gasteiger partial charge in [0.05, 0.1) is 11.1 Å². The van der Waals surface area contributed by atoms with E-state index >= 15 is 0 Å². The molecule has 204 valence electrons. The van der Waals surface area contributed by atoms with Crippen LogP contribution >= 0.6 is 50.9 Å². The SMILES string of the molecule is CCOc1cc([C@@H](C[N+](=O)[O-])Sc2nnc(C)n2-c2cccc(C)c2)cc(Br)c1OCc1ccc(Cl)cc1Cl. The number of benzene rings is 3. The minimum Gasteiger partial charge on any atom is -0.490 e. The van der Waals surface area contributed by atoms with Crippen LogP contribution in [0, 0.1) is 24.0 Å². The molecular formula is C27H25BrCl2N4O4S. The Kier molecular flexibility index (Phi) is 9.76. The van der Waals surface area contributed by atoms with Gasteiger partial charge in [0.2, 0.25) is 6.54 Å². The summed E-state index contributed by atoms with van der Waals surface area (Å²) in [4.78, 5) is 11.4. The number of thioether (sulfide) groups is 1. The minimum absolute atomic E-state index is 0.181. The molecule has 0 saturated carbocycles. The first-order valence-corrected chi connectivity index (χ1v) is 14.4.